The zero-order valence-electron chi connectivity index (χ0n) is 26.9. The number of carbonyl (C=O) groups excluding carboxylic acids is 4. The highest BCUT2D eigenvalue weighted by molar-refractivity contribution is 7.89. The number of ether oxygens (including phenoxy) is 2. The van der Waals surface area contributed by atoms with Gasteiger partial charge in [0, 0.05) is 45.1 Å². The molecule has 1 saturated heterocycles. The number of hydrogen-bond acceptors (Lipinski definition) is 9. The molecule has 0 radical (unpaired) electrons. The van der Waals surface area contributed by atoms with Crippen LogP contribution in [0.2, 0.25) is 0 Å². The topological polar surface area (TPSA) is 152 Å². The third kappa shape index (κ3) is 8.78. The van der Waals surface area contributed by atoms with E-state index in [-0.39, 0.29) is 68.6 Å². The minimum atomic E-state index is -4.56. The summed E-state index contributed by atoms with van der Waals surface area (Å²) in [6.45, 7) is 5.23. The average Bonchev–Trinajstić information content (AvgIpc) is 3.32. The van der Waals surface area contributed by atoms with Gasteiger partial charge in [0.25, 0.3) is 5.91 Å². The summed E-state index contributed by atoms with van der Waals surface area (Å²) in [6.07, 6.45) is -5.16. The number of hydrogen-bond donors (Lipinski definition) is 1. The van der Waals surface area contributed by atoms with Crippen molar-refractivity contribution in [3.05, 3.63) is 64.7 Å². The molecule has 16 heteroatoms. The van der Waals surface area contributed by atoms with Crippen LogP contribution in [0.3, 0.4) is 0 Å². The molecule has 2 aromatic carbocycles. The molecule has 2 aromatic rings. The number of aryl methyl sites for hydroxylation is 2. The van der Waals surface area contributed by atoms with Crippen LogP contribution in [-0.4, -0.2) is 85.9 Å². The van der Waals surface area contributed by atoms with E-state index in [1.54, 1.807) is 25.1 Å². The number of nitrogens with one attached hydrogen (secondary N) is 1. The fourth-order valence-electron chi connectivity index (χ4n) is 5.65. The van der Waals surface area contributed by atoms with Crippen molar-refractivity contribution in [3.63, 3.8) is 0 Å². The molecule has 2 heterocycles. The largest absolute Gasteiger partial charge is 0.462 e. The number of carbonyl (C=O) groups is 4. The summed E-state index contributed by atoms with van der Waals surface area (Å²) in [5.41, 5.74) is -0.103. The van der Waals surface area contributed by atoms with E-state index in [2.05, 4.69) is 10.3 Å². The zero-order valence-corrected chi connectivity index (χ0v) is 27.7. The van der Waals surface area contributed by atoms with E-state index in [4.69, 9.17) is 9.47 Å². The first-order valence-electron chi connectivity index (χ1n) is 15.2. The fourth-order valence-corrected chi connectivity index (χ4v) is 7.13. The lowest BCUT2D eigenvalue weighted by Crippen LogP contribution is -2.50. The van der Waals surface area contributed by atoms with Crippen LogP contribution in [0.1, 0.15) is 55.9 Å². The molecular weight excluding hydrogens is 657 g/mol. The highest BCUT2D eigenvalue weighted by atomic mass is 32.2. The minimum Gasteiger partial charge on any atom is -0.462 e. The maximum absolute atomic E-state index is 13.3. The summed E-state index contributed by atoms with van der Waals surface area (Å²) in [4.78, 5) is 54.1. The number of aliphatic imine (C=N–C) groups is 1. The van der Waals surface area contributed by atoms with Crippen LogP contribution >= 0.6 is 0 Å². The molecular formula is C32H37F3N4O8S. The maximum Gasteiger partial charge on any atom is 0.416 e. The quantitative estimate of drug-likeness (QED) is 0.353. The highest BCUT2D eigenvalue weighted by Gasteiger charge is 2.47. The first kappa shape index (κ1) is 36.5. The Morgan fingerprint density at radius 2 is 1.75 bits per heavy atom. The van der Waals surface area contributed by atoms with E-state index in [9.17, 15) is 40.8 Å². The number of sulfonamides is 1. The monoisotopic (exact) mass is 694 g/mol. The predicted octanol–water partition coefficient (Wildman–Crippen LogP) is 3.15. The molecule has 0 aliphatic carbocycles. The SMILES string of the molecule is CC(=O)OC[C@H](CN(C(C)=O)c1ccc(CCS(=O)(=O)N2CCC3(CC2)N=C(c2cccc(C(F)(F)F)c2)NC3=O)c(C)c1)OC(C)=O. The van der Waals surface area contributed by atoms with E-state index in [0.717, 1.165) is 23.3 Å². The summed E-state index contributed by atoms with van der Waals surface area (Å²) >= 11 is 0. The van der Waals surface area contributed by atoms with Gasteiger partial charge in [-0.1, -0.05) is 18.2 Å². The van der Waals surface area contributed by atoms with Crippen molar-refractivity contribution >= 4 is 45.3 Å². The van der Waals surface area contributed by atoms with Crippen molar-refractivity contribution in [1.29, 1.82) is 0 Å². The predicted molar refractivity (Wildman–Crippen MR) is 169 cm³/mol. The van der Waals surface area contributed by atoms with Gasteiger partial charge in [-0.25, -0.2) is 12.7 Å². The van der Waals surface area contributed by atoms with Gasteiger partial charge in [-0.15, -0.1) is 0 Å². The molecule has 0 bridgehead atoms. The third-order valence-electron chi connectivity index (χ3n) is 8.23. The van der Waals surface area contributed by atoms with Gasteiger partial charge in [0.1, 0.15) is 18.0 Å². The van der Waals surface area contributed by atoms with Crippen LogP contribution in [0.15, 0.2) is 47.5 Å². The van der Waals surface area contributed by atoms with Gasteiger partial charge in [-0.3, -0.25) is 24.2 Å². The van der Waals surface area contributed by atoms with Gasteiger partial charge in [0.15, 0.2) is 6.10 Å². The number of amides is 2. The second-order valence-electron chi connectivity index (χ2n) is 11.8. The lowest BCUT2D eigenvalue weighted by atomic mass is 9.89. The van der Waals surface area contributed by atoms with Gasteiger partial charge in [-0.05, 0) is 61.6 Å². The van der Waals surface area contributed by atoms with E-state index in [1.165, 1.54) is 42.1 Å². The first-order valence-corrected chi connectivity index (χ1v) is 16.8. The van der Waals surface area contributed by atoms with E-state index in [0.29, 0.717) is 5.69 Å². The van der Waals surface area contributed by atoms with Crippen LogP contribution < -0.4 is 10.2 Å². The van der Waals surface area contributed by atoms with Gasteiger partial charge < -0.3 is 19.7 Å². The van der Waals surface area contributed by atoms with Crippen LogP contribution in [0.4, 0.5) is 18.9 Å². The van der Waals surface area contributed by atoms with E-state index >= 15 is 0 Å². The molecule has 2 aliphatic rings. The Morgan fingerprint density at radius 3 is 2.33 bits per heavy atom. The van der Waals surface area contributed by atoms with Crippen LogP contribution in [0.5, 0.6) is 0 Å². The molecule has 0 saturated carbocycles. The Balaban J connectivity index is 1.40. The van der Waals surface area contributed by atoms with E-state index in [1.807, 2.05) is 0 Å². The summed E-state index contributed by atoms with van der Waals surface area (Å²) < 4.78 is 77.7. The number of anilines is 1. The number of rotatable bonds is 11. The highest BCUT2D eigenvalue weighted by Crippen LogP contribution is 2.34. The van der Waals surface area contributed by atoms with Crippen molar-refractivity contribution < 1.29 is 50.2 Å². The molecule has 48 heavy (non-hydrogen) atoms. The number of alkyl halides is 3. The number of amidine groups is 1. The Labute approximate surface area is 276 Å². The standard InChI is InChI=1S/C32H37F3N4O8S/c1-20-16-27(39(21(2)40)18-28(47-23(4)42)19-46-22(3)41)9-8-24(20)10-15-48(44,45)38-13-11-31(12-14-38)30(43)36-29(37-31)25-6-5-7-26(17-25)32(33,34)35/h5-9,16-17,28H,10-15,18-19H2,1-4H3,(H,36,37,43)/t28-/m0/s1. The summed E-state index contributed by atoms with van der Waals surface area (Å²) in [6, 6.07) is 9.56. The maximum atomic E-state index is 13.3. The Morgan fingerprint density at radius 1 is 1.06 bits per heavy atom. The fraction of sp³-hybridized carbons (Fsp3) is 0.469. The van der Waals surface area contributed by atoms with Gasteiger partial charge in [-0.2, -0.15) is 13.2 Å². The second kappa shape index (κ2) is 14.4. The molecule has 4 rings (SSSR count). The van der Waals surface area contributed by atoms with Crippen molar-refractivity contribution in [1.82, 2.24) is 9.62 Å². The third-order valence-corrected chi connectivity index (χ3v) is 10.1. The molecule has 1 atom stereocenters. The molecule has 2 aliphatic heterocycles. The normalized spacial score (nSPS) is 17.0. The Bertz CT molecular complexity index is 1720. The molecule has 0 unspecified atom stereocenters. The van der Waals surface area contributed by atoms with Crippen molar-refractivity contribution in [3.8, 4) is 0 Å². The van der Waals surface area contributed by atoms with Crippen LogP contribution in [0.25, 0.3) is 0 Å². The summed E-state index contributed by atoms with van der Waals surface area (Å²) in [7, 11) is -3.76. The number of halogens is 3. The van der Waals surface area contributed by atoms with Gasteiger partial charge >= 0.3 is 18.1 Å². The number of esters is 2. The smallest absolute Gasteiger partial charge is 0.416 e. The molecule has 2 amide bonds. The molecule has 0 aromatic heterocycles. The second-order valence-corrected chi connectivity index (χ2v) is 13.9. The average molecular weight is 695 g/mol. The zero-order chi connectivity index (χ0) is 35.4. The number of nitrogens with zero attached hydrogens (tertiary/aromatic N) is 3. The van der Waals surface area contributed by atoms with Crippen LogP contribution in [-0.2, 0) is 51.3 Å². The molecule has 1 N–H and O–H groups in total. The lowest BCUT2D eigenvalue weighted by molar-refractivity contribution is -0.155. The summed E-state index contributed by atoms with van der Waals surface area (Å²) in [5, 5.41) is 2.57. The van der Waals surface area contributed by atoms with Crippen molar-refractivity contribution in [2.45, 2.75) is 64.8 Å². The molecule has 260 valence electrons. The van der Waals surface area contributed by atoms with Gasteiger partial charge in [0.2, 0.25) is 15.9 Å². The first-order chi connectivity index (χ1) is 22.4. The lowest BCUT2D eigenvalue weighted by Gasteiger charge is -2.34. The molecule has 12 nitrogen and oxygen atoms in total. The summed E-state index contributed by atoms with van der Waals surface area (Å²) in [5.74, 6) is -2.20. The van der Waals surface area contributed by atoms with Crippen LogP contribution in [0, 0.1) is 6.92 Å². The van der Waals surface area contributed by atoms with E-state index < -0.39 is 51.3 Å². The Kier molecular flexibility index (Phi) is 11.0. The number of benzene rings is 2. The van der Waals surface area contributed by atoms with Crippen molar-refractivity contribution in [2.24, 2.45) is 4.99 Å². The Hall–Kier alpha value is -4.31. The minimum absolute atomic E-state index is 0.0114. The molecule has 1 fully saturated rings. The molecule has 1 spiro atoms. The van der Waals surface area contributed by atoms with Gasteiger partial charge in [0.05, 0.1) is 17.9 Å². The van der Waals surface area contributed by atoms with Crippen molar-refractivity contribution in [2.75, 3.05) is 36.9 Å². The number of piperidine rings is 1.